The Bertz CT molecular complexity index is 339. The Morgan fingerprint density at radius 2 is 1.89 bits per heavy atom. The monoisotopic (exact) mass is 252 g/mol. The number of rotatable bonds is 2. The molecule has 100 valence electrons. The minimum Gasteiger partial charge on any atom is -0.397 e. The molecule has 0 bridgehead atoms. The third-order valence-electron chi connectivity index (χ3n) is 2.17. The minimum absolute atomic E-state index is 0.0810. The van der Waals surface area contributed by atoms with Gasteiger partial charge in [0.2, 0.25) is 0 Å². The lowest BCUT2D eigenvalue weighted by Crippen LogP contribution is -2.63. The van der Waals surface area contributed by atoms with Crippen molar-refractivity contribution < 1.29 is 9.90 Å². The molecule has 1 fully saturated rings. The molecule has 18 heavy (non-hydrogen) atoms. The van der Waals surface area contributed by atoms with Gasteiger partial charge in [-0.2, -0.15) is 0 Å². The zero-order valence-corrected chi connectivity index (χ0v) is 10.4. The van der Waals surface area contributed by atoms with E-state index < -0.39 is 0 Å². The number of nitrogens with one attached hydrogen (secondary N) is 4. The number of carbonyl (C=O) groups is 1. The summed E-state index contributed by atoms with van der Waals surface area (Å²) in [6, 6.07) is 9.15. The number of hydrogen-bond donors (Lipinski definition) is 5. The molecule has 0 aliphatic carbocycles. The fourth-order valence-electron chi connectivity index (χ4n) is 1.39. The summed E-state index contributed by atoms with van der Waals surface area (Å²) < 4.78 is 0. The van der Waals surface area contributed by atoms with Crippen LogP contribution < -0.4 is 21.3 Å². The van der Waals surface area contributed by atoms with E-state index in [0.29, 0.717) is 18.9 Å². The number of amides is 1. The van der Waals surface area contributed by atoms with Gasteiger partial charge in [0.1, 0.15) is 6.29 Å². The molecule has 1 saturated heterocycles. The molecule has 6 nitrogen and oxygen atoms in total. The second-order valence-corrected chi connectivity index (χ2v) is 3.60. The van der Waals surface area contributed by atoms with Crippen LogP contribution in [-0.2, 0) is 0 Å². The molecule has 0 radical (unpaired) electrons. The van der Waals surface area contributed by atoms with E-state index in [4.69, 9.17) is 5.11 Å². The third kappa shape index (κ3) is 5.24. The summed E-state index contributed by atoms with van der Waals surface area (Å²) in [6.45, 7) is 3.31. The molecule has 5 N–H and O–H groups in total. The average molecular weight is 252 g/mol. The Hall–Kier alpha value is -1.47. The molecule has 0 unspecified atom stereocenters. The van der Waals surface area contributed by atoms with Crippen molar-refractivity contribution >= 4 is 5.91 Å². The van der Waals surface area contributed by atoms with Crippen LogP contribution in [0.5, 0.6) is 0 Å². The fraction of sp³-hybridized carbons (Fsp3) is 0.417. The lowest BCUT2D eigenvalue weighted by molar-refractivity contribution is 0.0910. The van der Waals surface area contributed by atoms with Crippen LogP contribution in [0.1, 0.15) is 17.3 Å². The van der Waals surface area contributed by atoms with Crippen molar-refractivity contribution in [1.29, 1.82) is 0 Å². The second kappa shape index (κ2) is 8.60. The van der Waals surface area contributed by atoms with Gasteiger partial charge in [-0.25, -0.2) is 0 Å². The molecular formula is C12H20N4O2. The molecule has 1 amide bonds. The predicted octanol–water partition coefficient (Wildman–Crippen LogP) is -0.604. The van der Waals surface area contributed by atoms with Gasteiger partial charge in [0, 0.05) is 25.5 Å². The second-order valence-electron chi connectivity index (χ2n) is 3.60. The molecule has 1 aromatic rings. The summed E-state index contributed by atoms with van der Waals surface area (Å²) in [5.41, 5.74) is 0.666. The molecule has 1 aliphatic rings. The van der Waals surface area contributed by atoms with Crippen LogP contribution in [0.2, 0.25) is 0 Å². The normalized spacial score (nSPS) is 15.4. The van der Waals surface area contributed by atoms with Gasteiger partial charge in [-0.3, -0.25) is 20.7 Å². The highest BCUT2D eigenvalue weighted by Gasteiger charge is 2.13. The molecule has 2 rings (SSSR count). The van der Waals surface area contributed by atoms with Crippen molar-refractivity contribution in [1.82, 2.24) is 21.3 Å². The largest absolute Gasteiger partial charge is 0.397 e. The van der Waals surface area contributed by atoms with Crippen molar-refractivity contribution in [3.8, 4) is 0 Å². The van der Waals surface area contributed by atoms with Gasteiger partial charge in [0.05, 0.1) is 0 Å². The van der Waals surface area contributed by atoms with Gasteiger partial charge >= 0.3 is 0 Å². The molecule has 1 aliphatic heterocycles. The van der Waals surface area contributed by atoms with E-state index in [2.05, 4.69) is 21.3 Å². The quantitative estimate of drug-likeness (QED) is 0.485. The van der Waals surface area contributed by atoms with Crippen molar-refractivity contribution in [3.63, 3.8) is 0 Å². The minimum atomic E-state index is -0.168. The van der Waals surface area contributed by atoms with Crippen LogP contribution in [0.3, 0.4) is 0 Å². The fourth-order valence-corrected chi connectivity index (χ4v) is 1.39. The first kappa shape index (κ1) is 14.6. The highest BCUT2D eigenvalue weighted by atomic mass is 16.2. The van der Waals surface area contributed by atoms with Gasteiger partial charge in [-0.15, -0.1) is 0 Å². The summed E-state index contributed by atoms with van der Waals surface area (Å²) in [6.07, 6.45) is -0.168. The van der Waals surface area contributed by atoms with Crippen LogP contribution in [-0.4, -0.2) is 37.2 Å². The van der Waals surface area contributed by atoms with Crippen LogP contribution in [0.15, 0.2) is 30.3 Å². The van der Waals surface area contributed by atoms with Crippen molar-refractivity contribution in [2.75, 3.05) is 19.9 Å². The molecule has 6 heteroatoms. The number of carbonyl (C=O) groups excluding carboxylic acids is 1. The highest BCUT2D eigenvalue weighted by molar-refractivity contribution is 5.94. The van der Waals surface area contributed by atoms with E-state index in [1.54, 1.807) is 19.1 Å². The number of hydrogen-bond acceptors (Lipinski definition) is 5. The molecule has 0 spiro atoms. The molecule has 0 aromatic heterocycles. The zero-order valence-electron chi connectivity index (χ0n) is 10.4. The first-order chi connectivity index (χ1) is 8.77. The highest BCUT2D eigenvalue weighted by Crippen LogP contribution is 1.97. The zero-order chi connectivity index (χ0) is 13.2. The first-order valence-electron chi connectivity index (χ1n) is 5.92. The summed E-state index contributed by atoms with van der Waals surface area (Å²) in [4.78, 5) is 11.7. The Kier molecular flexibility index (Phi) is 6.97. The molecule has 0 atom stereocenters. The molecule has 1 heterocycles. The molecule has 0 saturated carbocycles. The first-order valence-corrected chi connectivity index (χ1v) is 5.92. The number of aliphatic hydroxyl groups is 1. The maximum absolute atomic E-state index is 11.7. The standard InChI is InChI=1S/C10H14N4O.C2H6O/c15-9(8-4-2-1-3-5-8)14-10-12-6-11-7-13-10;1-2-3/h1-5,10-13H,6-7H2,(H,14,15);3H,2H2,1H3. The topological polar surface area (TPSA) is 85.4 Å². The third-order valence-corrected chi connectivity index (χ3v) is 2.17. The number of benzene rings is 1. The Labute approximate surface area is 107 Å². The summed E-state index contributed by atoms with van der Waals surface area (Å²) in [5.74, 6) is -0.0810. The Morgan fingerprint density at radius 1 is 1.33 bits per heavy atom. The van der Waals surface area contributed by atoms with Crippen molar-refractivity contribution in [3.05, 3.63) is 35.9 Å². The lowest BCUT2D eigenvalue weighted by Gasteiger charge is -2.26. The molecular weight excluding hydrogens is 232 g/mol. The van der Waals surface area contributed by atoms with E-state index in [1.807, 2.05) is 18.2 Å². The van der Waals surface area contributed by atoms with Gasteiger partial charge in [0.15, 0.2) is 0 Å². The Balaban J connectivity index is 0.000000492. The van der Waals surface area contributed by atoms with E-state index in [0.717, 1.165) is 0 Å². The maximum Gasteiger partial charge on any atom is 0.253 e. The van der Waals surface area contributed by atoms with Crippen LogP contribution >= 0.6 is 0 Å². The van der Waals surface area contributed by atoms with Crippen LogP contribution in [0.25, 0.3) is 0 Å². The van der Waals surface area contributed by atoms with E-state index in [1.165, 1.54) is 0 Å². The van der Waals surface area contributed by atoms with Crippen molar-refractivity contribution in [2.24, 2.45) is 0 Å². The summed E-state index contributed by atoms with van der Waals surface area (Å²) in [5, 5.41) is 19.6. The molecule has 1 aromatic carbocycles. The van der Waals surface area contributed by atoms with Crippen molar-refractivity contribution in [2.45, 2.75) is 13.2 Å². The SMILES string of the molecule is CCO.O=C(NC1NCNCN1)c1ccccc1. The summed E-state index contributed by atoms with van der Waals surface area (Å²) in [7, 11) is 0. The lowest BCUT2D eigenvalue weighted by atomic mass is 10.2. The van der Waals surface area contributed by atoms with Gasteiger partial charge < -0.3 is 10.4 Å². The van der Waals surface area contributed by atoms with E-state index >= 15 is 0 Å². The van der Waals surface area contributed by atoms with E-state index in [9.17, 15) is 4.79 Å². The maximum atomic E-state index is 11.7. The van der Waals surface area contributed by atoms with Gasteiger partial charge in [0.25, 0.3) is 5.91 Å². The smallest absolute Gasteiger partial charge is 0.253 e. The average Bonchev–Trinajstić information content (AvgIpc) is 2.42. The van der Waals surface area contributed by atoms with E-state index in [-0.39, 0.29) is 18.8 Å². The Morgan fingerprint density at radius 3 is 2.44 bits per heavy atom. The predicted molar refractivity (Wildman–Crippen MR) is 69.6 cm³/mol. The van der Waals surface area contributed by atoms with Gasteiger partial charge in [-0.1, -0.05) is 18.2 Å². The van der Waals surface area contributed by atoms with Crippen LogP contribution in [0.4, 0.5) is 0 Å². The van der Waals surface area contributed by atoms with Crippen LogP contribution in [0, 0.1) is 0 Å². The summed E-state index contributed by atoms with van der Waals surface area (Å²) >= 11 is 0. The number of aliphatic hydroxyl groups excluding tert-OH is 1. The van der Waals surface area contributed by atoms with Gasteiger partial charge in [-0.05, 0) is 19.1 Å².